The van der Waals surface area contributed by atoms with Crippen LogP contribution in [0.3, 0.4) is 0 Å². The molecule has 1 heteroatoms. The summed E-state index contributed by atoms with van der Waals surface area (Å²) in [6.45, 7) is 4.73. The maximum Gasteiger partial charge on any atom is -0.00489 e. The van der Waals surface area contributed by atoms with Crippen LogP contribution in [0.2, 0.25) is 0 Å². The highest BCUT2D eigenvalue weighted by atomic mass is 14.8. The minimum Gasteiger partial charge on any atom is -0.317 e. The van der Waals surface area contributed by atoms with E-state index in [4.69, 9.17) is 0 Å². The first-order valence-electron chi connectivity index (χ1n) is 7.97. The molecular formula is C16H32N. The molecule has 1 rings (SSSR count). The van der Waals surface area contributed by atoms with Gasteiger partial charge in [0.25, 0.3) is 0 Å². The second-order valence-electron chi connectivity index (χ2n) is 5.59. The van der Waals surface area contributed by atoms with Gasteiger partial charge in [-0.05, 0) is 44.7 Å². The fourth-order valence-corrected chi connectivity index (χ4v) is 2.74. The van der Waals surface area contributed by atoms with Crippen molar-refractivity contribution < 1.29 is 0 Å². The van der Waals surface area contributed by atoms with Gasteiger partial charge in [-0.1, -0.05) is 58.3 Å². The predicted molar refractivity (Wildman–Crippen MR) is 77.1 cm³/mol. The number of unbranched alkanes of at least 4 members (excludes halogenated alkanes) is 4. The molecule has 1 fully saturated rings. The highest BCUT2D eigenvalue weighted by Crippen LogP contribution is 2.26. The third-order valence-corrected chi connectivity index (χ3v) is 3.91. The molecule has 0 saturated heterocycles. The lowest BCUT2D eigenvalue weighted by Crippen LogP contribution is -2.16. The maximum atomic E-state index is 3.55. The van der Waals surface area contributed by atoms with E-state index in [2.05, 4.69) is 18.7 Å². The van der Waals surface area contributed by atoms with Crippen molar-refractivity contribution in [3.05, 3.63) is 6.42 Å². The maximum absolute atomic E-state index is 3.55. The van der Waals surface area contributed by atoms with Gasteiger partial charge in [0.15, 0.2) is 0 Å². The molecule has 0 aromatic carbocycles. The molecule has 0 amide bonds. The molecular weight excluding hydrogens is 206 g/mol. The number of nitrogens with one attached hydrogen (secondary N) is 1. The third-order valence-electron chi connectivity index (χ3n) is 3.91. The van der Waals surface area contributed by atoms with Crippen LogP contribution < -0.4 is 5.32 Å². The molecule has 17 heavy (non-hydrogen) atoms. The average molecular weight is 238 g/mol. The summed E-state index contributed by atoms with van der Waals surface area (Å²) in [6.07, 6.45) is 18.1. The van der Waals surface area contributed by atoms with Gasteiger partial charge < -0.3 is 5.32 Å². The molecule has 0 spiro atoms. The molecule has 1 aliphatic rings. The van der Waals surface area contributed by atoms with Crippen molar-refractivity contribution in [3.63, 3.8) is 0 Å². The van der Waals surface area contributed by atoms with E-state index >= 15 is 0 Å². The van der Waals surface area contributed by atoms with E-state index in [0.717, 1.165) is 5.92 Å². The fourth-order valence-electron chi connectivity index (χ4n) is 2.74. The largest absolute Gasteiger partial charge is 0.317 e. The molecule has 1 saturated carbocycles. The average Bonchev–Trinajstić information content (AvgIpc) is 2.38. The molecule has 1 unspecified atom stereocenters. The molecule has 1 nitrogen and oxygen atoms in total. The van der Waals surface area contributed by atoms with Gasteiger partial charge in [0.1, 0.15) is 0 Å². The van der Waals surface area contributed by atoms with E-state index in [1.807, 2.05) is 0 Å². The number of hydrogen-bond donors (Lipinski definition) is 1. The summed E-state index contributed by atoms with van der Waals surface area (Å²) in [6, 6.07) is 0. The summed E-state index contributed by atoms with van der Waals surface area (Å²) in [4.78, 5) is 0. The van der Waals surface area contributed by atoms with Crippen molar-refractivity contribution >= 4 is 0 Å². The van der Waals surface area contributed by atoms with E-state index < -0.39 is 0 Å². The van der Waals surface area contributed by atoms with Crippen molar-refractivity contribution in [2.45, 2.75) is 77.6 Å². The summed E-state index contributed by atoms with van der Waals surface area (Å²) < 4.78 is 0. The predicted octanol–water partition coefficient (Wildman–Crippen LogP) is 4.72. The second-order valence-corrected chi connectivity index (χ2v) is 5.59. The number of rotatable bonds is 10. The van der Waals surface area contributed by atoms with Crippen LogP contribution in [-0.2, 0) is 0 Å². The first-order chi connectivity index (χ1) is 8.43. The Morgan fingerprint density at radius 2 is 1.82 bits per heavy atom. The van der Waals surface area contributed by atoms with Crippen molar-refractivity contribution in [3.8, 4) is 0 Å². The van der Waals surface area contributed by atoms with Gasteiger partial charge in [-0.15, -0.1) is 0 Å². The topological polar surface area (TPSA) is 12.0 Å². The standard InChI is InChI=1S/C16H32N/c1-2-3-9-14-17-15-10-5-8-13-16-11-6-4-7-12-16/h11,16-17H,2-10,12-15H2,1H3. The van der Waals surface area contributed by atoms with Crippen LogP contribution in [0.5, 0.6) is 0 Å². The minimum atomic E-state index is 0.960. The first kappa shape index (κ1) is 15.0. The summed E-state index contributed by atoms with van der Waals surface area (Å²) >= 11 is 0. The zero-order valence-electron chi connectivity index (χ0n) is 11.8. The Bertz CT molecular complexity index is 150. The first-order valence-corrected chi connectivity index (χ1v) is 7.97. The zero-order chi connectivity index (χ0) is 12.2. The summed E-state index contributed by atoms with van der Waals surface area (Å²) in [7, 11) is 0. The van der Waals surface area contributed by atoms with Crippen LogP contribution in [-0.4, -0.2) is 13.1 Å². The Morgan fingerprint density at radius 3 is 2.53 bits per heavy atom. The lowest BCUT2D eigenvalue weighted by molar-refractivity contribution is 0.403. The van der Waals surface area contributed by atoms with Crippen molar-refractivity contribution in [1.29, 1.82) is 0 Å². The lowest BCUT2D eigenvalue weighted by atomic mass is 9.85. The Balaban J connectivity index is 1.75. The molecule has 0 aromatic rings. The molecule has 101 valence electrons. The van der Waals surface area contributed by atoms with Gasteiger partial charge in [-0.2, -0.15) is 0 Å². The van der Waals surface area contributed by atoms with Crippen LogP contribution in [0.4, 0.5) is 0 Å². The minimum absolute atomic E-state index is 0.960. The normalized spacial score (nSPS) is 17.5. The van der Waals surface area contributed by atoms with Gasteiger partial charge >= 0.3 is 0 Å². The van der Waals surface area contributed by atoms with E-state index in [9.17, 15) is 0 Å². The van der Waals surface area contributed by atoms with Crippen molar-refractivity contribution in [1.82, 2.24) is 5.32 Å². The monoisotopic (exact) mass is 238 g/mol. The Hall–Kier alpha value is -0.0400. The van der Waals surface area contributed by atoms with Crippen molar-refractivity contribution in [2.24, 2.45) is 5.92 Å². The Labute approximate surface area is 109 Å². The summed E-state index contributed by atoms with van der Waals surface area (Å²) in [5, 5.41) is 3.55. The van der Waals surface area contributed by atoms with E-state index in [1.165, 1.54) is 83.7 Å². The van der Waals surface area contributed by atoms with Crippen LogP contribution in [0.15, 0.2) is 0 Å². The van der Waals surface area contributed by atoms with Crippen LogP contribution in [0, 0.1) is 12.3 Å². The quantitative estimate of drug-likeness (QED) is 0.543. The van der Waals surface area contributed by atoms with Gasteiger partial charge in [0, 0.05) is 0 Å². The molecule has 0 heterocycles. The molecule has 0 bridgehead atoms. The molecule has 1 aliphatic carbocycles. The summed E-state index contributed by atoms with van der Waals surface area (Å²) in [5.74, 6) is 0.960. The molecule has 1 N–H and O–H groups in total. The Kier molecular flexibility index (Phi) is 9.78. The van der Waals surface area contributed by atoms with Crippen LogP contribution >= 0.6 is 0 Å². The van der Waals surface area contributed by atoms with E-state index in [-0.39, 0.29) is 0 Å². The Morgan fingerprint density at radius 1 is 1.00 bits per heavy atom. The SMILES string of the molecule is CCCCCNCCCCCC1[CH]CCCC1. The third kappa shape index (κ3) is 8.65. The highest BCUT2D eigenvalue weighted by Gasteiger charge is 2.12. The smallest absolute Gasteiger partial charge is 0.00489 e. The van der Waals surface area contributed by atoms with Crippen LogP contribution in [0.1, 0.15) is 77.6 Å². The van der Waals surface area contributed by atoms with Gasteiger partial charge in [0.2, 0.25) is 0 Å². The molecule has 1 radical (unpaired) electrons. The second kappa shape index (κ2) is 11.1. The molecule has 0 aromatic heterocycles. The van der Waals surface area contributed by atoms with E-state index in [0.29, 0.717) is 0 Å². The van der Waals surface area contributed by atoms with E-state index in [1.54, 1.807) is 0 Å². The van der Waals surface area contributed by atoms with Crippen molar-refractivity contribution in [2.75, 3.05) is 13.1 Å². The molecule has 0 aliphatic heterocycles. The zero-order valence-corrected chi connectivity index (χ0v) is 11.8. The van der Waals surface area contributed by atoms with Gasteiger partial charge in [0.05, 0.1) is 0 Å². The number of hydrogen-bond acceptors (Lipinski definition) is 1. The van der Waals surface area contributed by atoms with Crippen LogP contribution in [0.25, 0.3) is 0 Å². The fraction of sp³-hybridized carbons (Fsp3) is 0.938. The highest BCUT2D eigenvalue weighted by molar-refractivity contribution is 4.80. The summed E-state index contributed by atoms with van der Waals surface area (Å²) in [5.41, 5.74) is 0. The lowest BCUT2D eigenvalue weighted by Gasteiger charge is -2.20. The van der Waals surface area contributed by atoms with Gasteiger partial charge in [-0.25, -0.2) is 0 Å². The van der Waals surface area contributed by atoms with Gasteiger partial charge in [-0.3, -0.25) is 0 Å². The molecule has 1 atom stereocenters.